The predicted octanol–water partition coefficient (Wildman–Crippen LogP) is 4.45. The van der Waals surface area contributed by atoms with Crippen molar-refractivity contribution in [3.05, 3.63) is 62.8 Å². The zero-order valence-corrected chi connectivity index (χ0v) is 16.8. The fraction of sp³-hybridized carbons (Fsp3) is 0.158. The van der Waals surface area contributed by atoms with Crippen molar-refractivity contribution >= 4 is 51.0 Å². The molecule has 2 aromatic carbocycles. The van der Waals surface area contributed by atoms with Crippen molar-refractivity contribution in [2.75, 3.05) is 6.61 Å². The molecule has 1 heterocycles. The Morgan fingerprint density at radius 3 is 2.88 bits per heavy atom. The molecule has 134 valence electrons. The number of fused-ring (bicyclic) bond motifs is 1. The third-order valence-electron chi connectivity index (χ3n) is 3.88. The molecule has 0 saturated carbocycles. The smallest absolute Gasteiger partial charge is 0.258 e. The van der Waals surface area contributed by atoms with E-state index >= 15 is 0 Å². The van der Waals surface area contributed by atoms with Crippen molar-refractivity contribution in [3.8, 4) is 11.5 Å². The molecule has 1 amide bonds. The lowest BCUT2D eigenvalue weighted by atomic mass is 10.1. The Labute approximate surface area is 169 Å². The first-order valence-corrected chi connectivity index (χ1v) is 9.36. The summed E-state index contributed by atoms with van der Waals surface area (Å²) < 4.78 is 6.51. The van der Waals surface area contributed by atoms with Crippen LogP contribution in [0.3, 0.4) is 0 Å². The fourth-order valence-electron chi connectivity index (χ4n) is 2.64. The Bertz CT molecular complexity index is 965. The van der Waals surface area contributed by atoms with Gasteiger partial charge in [0.2, 0.25) is 0 Å². The summed E-state index contributed by atoms with van der Waals surface area (Å²) in [5.41, 5.74) is 1.26. The predicted molar refractivity (Wildman–Crippen MR) is 110 cm³/mol. The highest BCUT2D eigenvalue weighted by Crippen LogP contribution is 2.34. The van der Waals surface area contributed by atoms with E-state index in [1.165, 1.54) is 0 Å². The second-order valence-corrected chi connectivity index (χ2v) is 7.27. The van der Waals surface area contributed by atoms with Crippen LogP contribution in [0.15, 0.2) is 48.7 Å². The zero-order valence-electron chi connectivity index (χ0n) is 13.9. The van der Waals surface area contributed by atoms with Crippen LogP contribution in [-0.4, -0.2) is 22.6 Å². The lowest BCUT2D eigenvalue weighted by Gasteiger charge is -2.16. The Balaban J connectivity index is 1.72. The van der Waals surface area contributed by atoms with Crippen molar-refractivity contribution in [1.82, 2.24) is 10.3 Å². The average molecular weight is 483 g/mol. The van der Waals surface area contributed by atoms with Gasteiger partial charge in [-0.25, -0.2) is 0 Å². The molecule has 0 bridgehead atoms. The van der Waals surface area contributed by atoms with E-state index in [0.29, 0.717) is 21.9 Å². The first-order valence-electron chi connectivity index (χ1n) is 7.90. The number of nitrogens with zero attached hydrogens (tertiary/aromatic N) is 1. The highest BCUT2D eigenvalue weighted by molar-refractivity contribution is 14.1. The van der Waals surface area contributed by atoms with E-state index in [-0.39, 0.29) is 24.3 Å². The van der Waals surface area contributed by atoms with Gasteiger partial charge in [0.05, 0.1) is 14.6 Å². The number of nitrogens with one attached hydrogen (secondary N) is 1. The summed E-state index contributed by atoms with van der Waals surface area (Å²) in [5.74, 6) is 0.371. The molecule has 2 N–H and O–H groups in total. The molecule has 7 heteroatoms. The van der Waals surface area contributed by atoms with E-state index < -0.39 is 0 Å². The minimum Gasteiger partial charge on any atom is -0.508 e. The topological polar surface area (TPSA) is 71.5 Å². The van der Waals surface area contributed by atoms with Crippen LogP contribution in [-0.2, 0) is 4.79 Å². The lowest BCUT2D eigenvalue weighted by molar-refractivity contribution is -0.123. The van der Waals surface area contributed by atoms with Crippen LogP contribution >= 0.6 is 34.2 Å². The number of rotatable bonds is 5. The Hall–Kier alpha value is -2.06. The summed E-state index contributed by atoms with van der Waals surface area (Å²) in [7, 11) is 0. The van der Waals surface area contributed by atoms with E-state index in [9.17, 15) is 9.90 Å². The number of para-hydroxylation sites is 1. The molecule has 3 aromatic rings. The Kier molecular flexibility index (Phi) is 5.83. The van der Waals surface area contributed by atoms with E-state index in [1.54, 1.807) is 43.5 Å². The molecule has 0 saturated heterocycles. The molecular formula is C19H16ClIN2O3. The molecule has 26 heavy (non-hydrogen) atoms. The molecule has 3 rings (SSSR count). The average Bonchev–Trinajstić information content (AvgIpc) is 2.61. The normalized spacial score (nSPS) is 12.0. The van der Waals surface area contributed by atoms with Crippen molar-refractivity contribution in [1.29, 1.82) is 0 Å². The number of amides is 1. The van der Waals surface area contributed by atoms with E-state index in [1.807, 2.05) is 12.1 Å². The Morgan fingerprint density at radius 1 is 1.35 bits per heavy atom. The second kappa shape index (κ2) is 8.09. The molecule has 1 atom stereocenters. The first kappa shape index (κ1) is 18.7. The van der Waals surface area contributed by atoms with E-state index in [0.717, 1.165) is 8.96 Å². The van der Waals surface area contributed by atoms with Crippen LogP contribution in [0.1, 0.15) is 18.5 Å². The number of aromatic nitrogens is 1. The van der Waals surface area contributed by atoms with Gasteiger partial charge in [0.15, 0.2) is 12.4 Å². The molecule has 0 spiro atoms. The van der Waals surface area contributed by atoms with Gasteiger partial charge in [0.1, 0.15) is 11.3 Å². The molecule has 0 aliphatic heterocycles. The standard InChI is InChI=1S/C19H16ClIN2O3/c1-11(12-5-2-3-7-16(12)24)23-17(25)10-26-19-15(21)9-14(20)13-6-4-8-22-18(13)19/h2-9,11,24H,10H2,1H3,(H,23,25)/t11-/m0/s1. The van der Waals surface area contributed by atoms with Gasteiger partial charge in [0, 0.05) is 17.1 Å². The number of phenolic OH excluding ortho intramolecular Hbond substituents is 1. The summed E-state index contributed by atoms with van der Waals surface area (Å²) >= 11 is 8.35. The lowest BCUT2D eigenvalue weighted by Crippen LogP contribution is -2.31. The maximum Gasteiger partial charge on any atom is 0.258 e. The summed E-state index contributed by atoms with van der Waals surface area (Å²) in [4.78, 5) is 16.6. The van der Waals surface area contributed by atoms with E-state index in [2.05, 4.69) is 32.9 Å². The SMILES string of the molecule is C[C@H](NC(=O)COc1c(I)cc(Cl)c2cccnc12)c1ccccc1O. The highest BCUT2D eigenvalue weighted by Gasteiger charge is 2.16. The van der Waals surface area contributed by atoms with Crippen molar-refractivity contribution < 1.29 is 14.6 Å². The van der Waals surface area contributed by atoms with Gasteiger partial charge in [-0.3, -0.25) is 9.78 Å². The van der Waals surface area contributed by atoms with E-state index in [4.69, 9.17) is 16.3 Å². The highest BCUT2D eigenvalue weighted by atomic mass is 127. The van der Waals surface area contributed by atoms with Crippen LogP contribution in [0, 0.1) is 3.57 Å². The van der Waals surface area contributed by atoms with Crippen LogP contribution in [0.25, 0.3) is 10.9 Å². The monoisotopic (exact) mass is 482 g/mol. The van der Waals surface area contributed by atoms with Gasteiger partial charge in [-0.2, -0.15) is 0 Å². The number of pyridine rings is 1. The number of aromatic hydroxyl groups is 1. The van der Waals surface area contributed by atoms with Crippen LogP contribution in [0.5, 0.6) is 11.5 Å². The van der Waals surface area contributed by atoms with Crippen molar-refractivity contribution in [3.63, 3.8) is 0 Å². The molecule has 0 aliphatic carbocycles. The number of hydrogen-bond donors (Lipinski definition) is 2. The van der Waals surface area contributed by atoms with Gasteiger partial charge in [-0.15, -0.1) is 0 Å². The Morgan fingerprint density at radius 2 is 2.12 bits per heavy atom. The molecule has 0 radical (unpaired) electrons. The summed E-state index contributed by atoms with van der Waals surface area (Å²) in [6.45, 7) is 1.64. The third kappa shape index (κ3) is 4.02. The number of benzene rings is 2. The molecule has 0 unspecified atom stereocenters. The largest absolute Gasteiger partial charge is 0.508 e. The van der Waals surface area contributed by atoms with Gasteiger partial charge in [-0.05, 0) is 53.8 Å². The second-order valence-electron chi connectivity index (χ2n) is 5.71. The quantitative estimate of drug-likeness (QED) is 0.527. The maximum absolute atomic E-state index is 12.3. The first-order chi connectivity index (χ1) is 12.5. The number of hydrogen-bond acceptors (Lipinski definition) is 4. The number of halogens is 2. The third-order valence-corrected chi connectivity index (χ3v) is 4.99. The number of ether oxygens (including phenoxy) is 1. The molecule has 1 aromatic heterocycles. The summed E-state index contributed by atoms with van der Waals surface area (Å²) in [5, 5.41) is 14.0. The van der Waals surface area contributed by atoms with Crippen molar-refractivity contribution in [2.45, 2.75) is 13.0 Å². The van der Waals surface area contributed by atoms with Crippen molar-refractivity contribution in [2.24, 2.45) is 0 Å². The van der Waals surface area contributed by atoms with Gasteiger partial charge >= 0.3 is 0 Å². The van der Waals surface area contributed by atoms with Gasteiger partial charge in [0.25, 0.3) is 5.91 Å². The van der Waals surface area contributed by atoms with Gasteiger partial charge < -0.3 is 15.2 Å². The van der Waals surface area contributed by atoms with Crippen LogP contribution < -0.4 is 10.1 Å². The summed E-state index contributed by atoms with van der Waals surface area (Å²) in [6.07, 6.45) is 1.65. The molecule has 5 nitrogen and oxygen atoms in total. The van der Waals surface area contributed by atoms with Crippen LogP contribution in [0.4, 0.5) is 0 Å². The van der Waals surface area contributed by atoms with Crippen LogP contribution in [0.2, 0.25) is 5.02 Å². The minimum absolute atomic E-state index is 0.142. The maximum atomic E-state index is 12.3. The number of phenols is 1. The van der Waals surface area contributed by atoms with Gasteiger partial charge in [-0.1, -0.05) is 29.8 Å². The minimum atomic E-state index is -0.341. The fourth-order valence-corrected chi connectivity index (χ4v) is 3.80. The number of carbonyl (C=O) groups is 1. The molecule has 0 aliphatic rings. The summed E-state index contributed by atoms with van der Waals surface area (Å²) in [6, 6.07) is 12.0. The zero-order chi connectivity index (χ0) is 18.7. The number of carbonyl (C=O) groups excluding carboxylic acids is 1. The molecule has 0 fully saturated rings. The molecular weight excluding hydrogens is 467 g/mol.